The van der Waals surface area contributed by atoms with Crippen LogP contribution in [0.3, 0.4) is 0 Å². The van der Waals surface area contributed by atoms with Gasteiger partial charge in [-0.15, -0.1) is 0 Å². The van der Waals surface area contributed by atoms with E-state index in [2.05, 4.69) is 23.3 Å². The molecular weight excluding hydrogens is 163 g/mol. The number of hydrogen-bond acceptors (Lipinski definition) is 3. The highest BCUT2D eigenvalue weighted by Crippen LogP contribution is 2.28. The SMILES string of the molecule is CC(C)C1(COP)OCCO1. The lowest BCUT2D eigenvalue weighted by Gasteiger charge is -2.30. The standard InChI is InChI=1S/C7H15O3P/c1-6(2)7(5-10-11)8-3-4-9-7/h6H,3-5,11H2,1-2H3. The third-order valence-corrected chi connectivity index (χ3v) is 2.11. The van der Waals surface area contributed by atoms with Crippen molar-refractivity contribution in [1.29, 1.82) is 0 Å². The summed E-state index contributed by atoms with van der Waals surface area (Å²) in [5.74, 6) is -0.174. The molecule has 1 heterocycles. The zero-order valence-corrected chi connectivity index (χ0v) is 8.16. The molecule has 0 radical (unpaired) electrons. The van der Waals surface area contributed by atoms with Gasteiger partial charge in [0, 0.05) is 15.4 Å². The van der Waals surface area contributed by atoms with Gasteiger partial charge >= 0.3 is 0 Å². The minimum Gasteiger partial charge on any atom is -0.360 e. The monoisotopic (exact) mass is 178 g/mol. The summed E-state index contributed by atoms with van der Waals surface area (Å²) < 4.78 is 15.9. The molecule has 1 saturated heterocycles. The highest BCUT2D eigenvalue weighted by atomic mass is 31.0. The van der Waals surface area contributed by atoms with Crippen molar-refractivity contribution in [3.63, 3.8) is 0 Å². The Morgan fingerprint density at radius 2 is 2.00 bits per heavy atom. The zero-order valence-electron chi connectivity index (χ0n) is 7.00. The van der Waals surface area contributed by atoms with Crippen molar-refractivity contribution in [2.75, 3.05) is 19.8 Å². The fourth-order valence-corrected chi connectivity index (χ4v) is 1.40. The summed E-state index contributed by atoms with van der Waals surface area (Å²) >= 11 is 0. The number of rotatable bonds is 3. The van der Waals surface area contributed by atoms with Crippen LogP contribution in [-0.4, -0.2) is 25.6 Å². The minimum atomic E-state index is -0.498. The molecule has 1 rings (SSSR count). The molecule has 4 heteroatoms. The Morgan fingerprint density at radius 3 is 2.36 bits per heavy atom. The van der Waals surface area contributed by atoms with Gasteiger partial charge in [-0.3, -0.25) is 0 Å². The molecule has 1 atom stereocenters. The van der Waals surface area contributed by atoms with Crippen LogP contribution < -0.4 is 0 Å². The van der Waals surface area contributed by atoms with Crippen LogP contribution in [0.25, 0.3) is 0 Å². The molecule has 3 nitrogen and oxygen atoms in total. The van der Waals surface area contributed by atoms with Gasteiger partial charge in [0.15, 0.2) is 5.79 Å². The smallest absolute Gasteiger partial charge is 0.194 e. The van der Waals surface area contributed by atoms with Crippen LogP contribution in [0.15, 0.2) is 0 Å². The molecule has 0 aromatic rings. The van der Waals surface area contributed by atoms with Gasteiger partial charge in [0.1, 0.15) is 6.61 Å². The fraction of sp³-hybridized carbons (Fsp3) is 1.00. The molecule has 1 aliphatic heterocycles. The van der Waals surface area contributed by atoms with Crippen LogP contribution >= 0.6 is 9.47 Å². The Hall–Kier alpha value is 0.310. The summed E-state index contributed by atoms with van der Waals surface area (Å²) in [6, 6.07) is 0. The Morgan fingerprint density at radius 1 is 1.45 bits per heavy atom. The summed E-state index contributed by atoms with van der Waals surface area (Å²) in [5.41, 5.74) is 0. The average molecular weight is 178 g/mol. The van der Waals surface area contributed by atoms with Crippen molar-refractivity contribution in [3.05, 3.63) is 0 Å². The van der Waals surface area contributed by atoms with Gasteiger partial charge in [-0.05, 0) is 0 Å². The summed E-state index contributed by atoms with van der Waals surface area (Å²) in [5, 5.41) is 0. The number of hydrogen-bond donors (Lipinski definition) is 0. The second kappa shape index (κ2) is 3.81. The molecule has 0 spiro atoms. The third kappa shape index (κ3) is 1.91. The second-order valence-electron chi connectivity index (χ2n) is 2.97. The van der Waals surface area contributed by atoms with Crippen molar-refractivity contribution in [2.24, 2.45) is 5.92 Å². The van der Waals surface area contributed by atoms with Gasteiger partial charge in [-0.2, -0.15) is 0 Å². The van der Waals surface area contributed by atoms with Crippen LogP contribution in [0.2, 0.25) is 0 Å². The van der Waals surface area contributed by atoms with Crippen molar-refractivity contribution < 1.29 is 14.0 Å². The predicted octanol–water partition coefficient (Wildman–Crippen LogP) is 1.19. The average Bonchev–Trinajstić information content (AvgIpc) is 2.38. The van der Waals surface area contributed by atoms with E-state index >= 15 is 0 Å². The van der Waals surface area contributed by atoms with E-state index in [1.165, 1.54) is 0 Å². The Bertz CT molecular complexity index is 121. The molecule has 0 aromatic heterocycles. The highest BCUT2D eigenvalue weighted by Gasteiger charge is 2.39. The summed E-state index contributed by atoms with van der Waals surface area (Å²) in [6.45, 7) is 5.96. The van der Waals surface area contributed by atoms with Crippen LogP contribution in [0.4, 0.5) is 0 Å². The first-order chi connectivity index (χ1) is 5.21. The molecule has 11 heavy (non-hydrogen) atoms. The molecule has 1 aliphatic rings. The van der Waals surface area contributed by atoms with E-state index in [1.54, 1.807) is 0 Å². The quantitative estimate of drug-likeness (QED) is 0.607. The number of ether oxygens (including phenoxy) is 2. The molecule has 1 unspecified atom stereocenters. The fourth-order valence-electron chi connectivity index (χ4n) is 1.17. The van der Waals surface area contributed by atoms with Crippen LogP contribution in [0.5, 0.6) is 0 Å². The van der Waals surface area contributed by atoms with Gasteiger partial charge in [0.2, 0.25) is 0 Å². The van der Waals surface area contributed by atoms with Gasteiger partial charge in [0.05, 0.1) is 13.2 Å². The molecule has 0 saturated carbocycles. The largest absolute Gasteiger partial charge is 0.360 e. The first kappa shape index (κ1) is 9.40. The molecule has 0 amide bonds. The van der Waals surface area contributed by atoms with Crippen LogP contribution in [-0.2, 0) is 14.0 Å². The van der Waals surface area contributed by atoms with Crippen molar-refractivity contribution >= 4 is 9.47 Å². The minimum absolute atomic E-state index is 0.325. The molecule has 0 bridgehead atoms. The maximum Gasteiger partial charge on any atom is 0.194 e. The summed E-state index contributed by atoms with van der Waals surface area (Å²) in [4.78, 5) is 0. The van der Waals surface area contributed by atoms with E-state index in [4.69, 9.17) is 14.0 Å². The molecule has 0 N–H and O–H groups in total. The highest BCUT2D eigenvalue weighted by molar-refractivity contribution is 7.09. The van der Waals surface area contributed by atoms with Crippen molar-refractivity contribution in [1.82, 2.24) is 0 Å². The van der Waals surface area contributed by atoms with Gasteiger partial charge in [0.25, 0.3) is 0 Å². The van der Waals surface area contributed by atoms with Gasteiger partial charge < -0.3 is 14.0 Å². The van der Waals surface area contributed by atoms with E-state index in [1.807, 2.05) is 0 Å². The lowest BCUT2D eigenvalue weighted by atomic mass is 10.0. The van der Waals surface area contributed by atoms with Crippen LogP contribution in [0, 0.1) is 5.92 Å². The maximum atomic E-state index is 5.48. The molecular formula is C7H15O3P. The van der Waals surface area contributed by atoms with Crippen molar-refractivity contribution in [2.45, 2.75) is 19.6 Å². The third-order valence-electron chi connectivity index (χ3n) is 1.94. The van der Waals surface area contributed by atoms with E-state index in [9.17, 15) is 0 Å². The molecule has 1 fully saturated rings. The van der Waals surface area contributed by atoms with E-state index < -0.39 is 5.79 Å². The van der Waals surface area contributed by atoms with E-state index in [0.717, 1.165) is 0 Å². The lowest BCUT2D eigenvalue weighted by molar-refractivity contribution is -0.203. The molecule has 66 valence electrons. The first-order valence-electron chi connectivity index (χ1n) is 3.81. The maximum absolute atomic E-state index is 5.48. The predicted molar refractivity (Wildman–Crippen MR) is 45.1 cm³/mol. The van der Waals surface area contributed by atoms with Crippen molar-refractivity contribution in [3.8, 4) is 0 Å². The lowest BCUT2D eigenvalue weighted by Crippen LogP contribution is -2.40. The molecule has 0 aromatic carbocycles. The van der Waals surface area contributed by atoms with E-state index in [0.29, 0.717) is 25.7 Å². The van der Waals surface area contributed by atoms with Gasteiger partial charge in [-0.1, -0.05) is 13.8 Å². The second-order valence-corrected chi connectivity index (χ2v) is 3.31. The summed E-state index contributed by atoms with van der Waals surface area (Å²) in [7, 11) is 2.21. The van der Waals surface area contributed by atoms with E-state index in [-0.39, 0.29) is 0 Å². The first-order valence-corrected chi connectivity index (χ1v) is 4.28. The van der Waals surface area contributed by atoms with Gasteiger partial charge in [-0.25, -0.2) is 0 Å². The topological polar surface area (TPSA) is 27.7 Å². The molecule has 0 aliphatic carbocycles. The Labute approximate surface area is 69.7 Å². The normalized spacial score (nSPS) is 22.9. The van der Waals surface area contributed by atoms with Crippen LogP contribution in [0.1, 0.15) is 13.8 Å². The summed E-state index contributed by atoms with van der Waals surface area (Å²) in [6.07, 6.45) is 0. The Kier molecular flexibility index (Phi) is 3.26. The zero-order chi connectivity index (χ0) is 8.32. The Balaban J connectivity index is 2.55.